The van der Waals surface area contributed by atoms with Crippen molar-refractivity contribution in [2.75, 3.05) is 0 Å². The van der Waals surface area contributed by atoms with Crippen molar-refractivity contribution in [1.29, 1.82) is 0 Å². The molecule has 0 bridgehead atoms. The van der Waals surface area contributed by atoms with Gasteiger partial charge in [0.15, 0.2) is 0 Å². The Hall–Kier alpha value is -4.12. The first kappa shape index (κ1) is 21.7. The number of fused-ring (bicyclic) bond motifs is 1. The number of carbonyl (C=O) groups is 1. The minimum Gasteiger partial charge on any atom is -0.415 e. The van der Waals surface area contributed by atoms with E-state index in [0.29, 0.717) is 16.8 Å². The second-order valence-electron chi connectivity index (χ2n) is 7.60. The predicted octanol–water partition coefficient (Wildman–Crippen LogP) is 4.03. The number of benzene rings is 1. The van der Waals surface area contributed by atoms with E-state index < -0.39 is 36.2 Å². The van der Waals surface area contributed by atoms with Gasteiger partial charge in [-0.3, -0.25) is 14.8 Å². The van der Waals surface area contributed by atoms with Gasteiger partial charge in [0, 0.05) is 23.9 Å². The van der Waals surface area contributed by atoms with E-state index in [2.05, 4.69) is 20.2 Å². The number of nitrogens with zero attached hydrogens (tertiary/aromatic N) is 5. The molecule has 1 aliphatic rings. The molecular formula is C23H16F3N5O3. The van der Waals surface area contributed by atoms with Crippen LogP contribution >= 0.6 is 0 Å². The summed E-state index contributed by atoms with van der Waals surface area (Å²) in [4.78, 5) is 23.1. The van der Waals surface area contributed by atoms with Crippen molar-refractivity contribution < 1.29 is 27.5 Å². The van der Waals surface area contributed by atoms with Crippen molar-refractivity contribution in [3.8, 4) is 11.5 Å². The fourth-order valence-electron chi connectivity index (χ4n) is 3.89. The number of amides is 1. The fourth-order valence-corrected chi connectivity index (χ4v) is 3.89. The van der Waals surface area contributed by atoms with Gasteiger partial charge in [-0.2, -0.15) is 8.78 Å². The zero-order valence-corrected chi connectivity index (χ0v) is 17.3. The molecule has 34 heavy (non-hydrogen) atoms. The van der Waals surface area contributed by atoms with Crippen LogP contribution in [-0.2, 0) is 6.54 Å². The maximum atomic E-state index is 13.5. The number of rotatable bonds is 6. The summed E-state index contributed by atoms with van der Waals surface area (Å²) in [5.41, 5.74) is 1.82. The second-order valence-corrected chi connectivity index (χ2v) is 7.60. The minimum absolute atomic E-state index is 0.133. The summed E-state index contributed by atoms with van der Waals surface area (Å²) in [6.45, 7) is 0.133. The van der Waals surface area contributed by atoms with Crippen molar-refractivity contribution in [1.82, 2.24) is 25.1 Å². The molecule has 0 radical (unpaired) electrons. The van der Waals surface area contributed by atoms with Crippen LogP contribution in [0.1, 0.15) is 51.8 Å². The Bertz CT molecular complexity index is 1330. The van der Waals surface area contributed by atoms with E-state index in [9.17, 15) is 23.1 Å². The molecule has 0 saturated carbocycles. The van der Waals surface area contributed by atoms with E-state index in [1.165, 1.54) is 29.3 Å². The summed E-state index contributed by atoms with van der Waals surface area (Å²) < 4.78 is 44.1. The molecule has 4 aromatic rings. The number of hydrogen-bond donors (Lipinski definition) is 1. The Labute approximate surface area is 190 Å². The maximum absolute atomic E-state index is 13.5. The topological polar surface area (TPSA) is 105 Å². The van der Waals surface area contributed by atoms with Gasteiger partial charge in [0.2, 0.25) is 5.89 Å². The van der Waals surface area contributed by atoms with Gasteiger partial charge < -0.3 is 14.4 Å². The Morgan fingerprint density at radius 2 is 1.88 bits per heavy atom. The summed E-state index contributed by atoms with van der Waals surface area (Å²) in [6.07, 6.45) is -1.64. The number of pyridine rings is 2. The van der Waals surface area contributed by atoms with Crippen molar-refractivity contribution in [2.45, 2.75) is 25.1 Å². The van der Waals surface area contributed by atoms with Gasteiger partial charge in [-0.05, 0) is 42.0 Å². The molecule has 2 atom stereocenters. The number of aromatic nitrogens is 4. The van der Waals surface area contributed by atoms with Crippen LogP contribution in [0.5, 0.6) is 0 Å². The van der Waals surface area contributed by atoms with Gasteiger partial charge in [-0.15, -0.1) is 10.2 Å². The van der Waals surface area contributed by atoms with Gasteiger partial charge in [0.05, 0.1) is 17.6 Å². The zero-order valence-electron chi connectivity index (χ0n) is 17.3. The molecule has 0 unspecified atom stereocenters. The highest BCUT2D eigenvalue weighted by atomic mass is 19.3. The van der Waals surface area contributed by atoms with Crippen LogP contribution in [0.15, 0.2) is 65.3 Å². The summed E-state index contributed by atoms with van der Waals surface area (Å²) in [5, 5.41) is 18.1. The monoisotopic (exact) mass is 467 g/mol. The largest absolute Gasteiger partial charge is 0.415 e. The Balaban J connectivity index is 1.51. The normalized spacial score (nSPS) is 15.0. The zero-order chi connectivity index (χ0) is 23.8. The Morgan fingerprint density at radius 1 is 1.03 bits per heavy atom. The summed E-state index contributed by atoms with van der Waals surface area (Å²) in [7, 11) is 0. The Kier molecular flexibility index (Phi) is 5.54. The molecule has 1 N–H and O–H groups in total. The van der Waals surface area contributed by atoms with E-state index in [0.717, 1.165) is 6.20 Å². The number of halogens is 3. The molecule has 3 aromatic heterocycles. The van der Waals surface area contributed by atoms with Gasteiger partial charge in [-0.1, -0.05) is 12.1 Å². The predicted molar refractivity (Wildman–Crippen MR) is 111 cm³/mol. The standard InChI is InChI=1S/C23H16F3N5O3/c24-14-6-7-16(28-10-14)18(19(32)17-3-1-2-8-27-17)31-11-13-5-4-12(9-15(13)23(31)33)21-29-30-22(34-21)20(25)26/h1-10,18-20,32H,11H2/t18-,19-/m1/s1. The smallest absolute Gasteiger partial charge is 0.314 e. The average molecular weight is 467 g/mol. The van der Waals surface area contributed by atoms with Crippen molar-refractivity contribution in [3.63, 3.8) is 0 Å². The summed E-state index contributed by atoms with van der Waals surface area (Å²) in [6, 6.07) is 11.3. The third-order valence-corrected chi connectivity index (χ3v) is 5.50. The quantitative estimate of drug-likeness (QED) is 0.456. The molecule has 4 heterocycles. The molecule has 0 spiro atoms. The summed E-state index contributed by atoms with van der Waals surface area (Å²) in [5.74, 6) is -1.95. The van der Waals surface area contributed by atoms with Crippen LogP contribution in [0.3, 0.4) is 0 Å². The van der Waals surface area contributed by atoms with Gasteiger partial charge in [-0.25, -0.2) is 4.39 Å². The first-order valence-corrected chi connectivity index (χ1v) is 10.2. The number of aliphatic hydroxyl groups excluding tert-OH is 1. The molecule has 11 heteroatoms. The number of carbonyl (C=O) groups excluding carboxylic acids is 1. The molecule has 1 amide bonds. The SMILES string of the molecule is O=C1c2cc(-c3nnc(C(F)F)o3)ccc2CN1[C@H](c1ccc(F)cn1)[C@H](O)c1ccccn1. The van der Waals surface area contributed by atoms with Gasteiger partial charge >= 0.3 is 6.43 Å². The lowest BCUT2D eigenvalue weighted by molar-refractivity contribution is 0.0332. The average Bonchev–Trinajstić information content (AvgIpc) is 3.47. The van der Waals surface area contributed by atoms with Crippen LogP contribution in [0.25, 0.3) is 11.5 Å². The number of alkyl halides is 2. The highest BCUT2D eigenvalue weighted by molar-refractivity contribution is 5.99. The highest BCUT2D eigenvalue weighted by Gasteiger charge is 2.39. The molecule has 1 aliphatic heterocycles. The van der Waals surface area contributed by atoms with E-state index in [4.69, 9.17) is 4.42 Å². The molecular weight excluding hydrogens is 451 g/mol. The van der Waals surface area contributed by atoms with E-state index >= 15 is 0 Å². The first-order chi connectivity index (χ1) is 16.4. The lowest BCUT2D eigenvalue weighted by Crippen LogP contribution is -2.34. The van der Waals surface area contributed by atoms with Crippen molar-refractivity contribution in [3.05, 3.63) is 95.1 Å². The summed E-state index contributed by atoms with van der Waals surface area (Å²) >= 11 is 0. The third-order valence-electron chi connectivity index (χ3n) is 5.50. The first-order valence-electron chi connectivity index (χ1n) is 10.2. The van der Waals surface area contributed by atoms with Gasteiger partial charge in [0.25, 0.3) is 11.8 Å². The lowest BCUT2D eigenvalue weighted by atomic mass is 10.0. The number of hydrogen-bond acceptors (Lipinski definition) is 7. The van der Waals surface area contributed by atoms with Crippen molar-refractivity contribution >= 4 is 5.91 Å². The van der Waals surface area contributed by atoms with Crippen LogP contribution in [0.2, 0.25) is 0 Å². The van der Waals surface area contributed by atoms with Crippen LogP contribution < -0.4 is 0 Å². The molecule has 0 fully saturated rings. The molecule has 5 rings (SSSR count). The van der Waals surface area contributed by atoms with E-state index in [1.54, 1.807) is 30.3 Å². The maximum Gasteiger partial charge on any atom is 0.314 e. The second kappa shape index (κ2) is 8.67. The Morgan fingerprint density at radius 3 is 2.56 bits per heavy atom. The van der Waals surface area contributed by atoms with Crippen LogP contribution in [0.4, 0.5) is 13.2 Å². The van der Waals surface area contributed by atoms with Gasteiger partial charge in [0.1, 0.15) is 18.0 Å². The molecule has 0 aliphatic carbocycles. The van der Waals surface area contributed by atoms with Crippen molar-refractivity contribution in [2.24, 2.45) is 0 Å². The molecule has 1 aromatic carbocycles. The van der Waals surface area contributed by atoms with E-state index in [1.807, 2.05) is 0 Å². The molecule has 8 nitrogen and oxygen atoms in total. The molecule has 0 saturated heterocycles. The minimum atomic E-state index is -2.91. The third kappa shape index (κ3) is 3.90. The van der Waals surface area contributed by atoms with E-state index in [-0.39, 0.29) is 23.7 Å². The number of aliphatic hydroxyl groups is 1. The van der Waals surface area contributed by atoms with Crippen LogP contribution in [-0.4, -0.2) is 36.1 Å². The molecule has 172 valence electrons. The lowest BCUT2D eigenvalue weighted by Gasteiger charge is -2.31. The fraction of sp³-hybridized carbons (Fsp3) is 0.174. The highest BCUT2D eigenvalue weighted by Crippen LogP contribution is 2.39. The van der Waals surface area contributed by atoms with Crippen LogP contribution in [0, 0.1) is 5.82 Å².